The minimum atomic E-state index is 0.291. The number of nitrogens with zero attached hydrogens (tertiary/aromatic N) is 1. The molecule has 1 atom stereocenters. The molecule has 1 unspecified atom stereocenters. The first-order valence-corrected chi connectivity index (χ1v) is 6.85. The van der Waals surface area contributed by atoms with Crippen molar-refractivity contribution < 1.29 is 0 Å². The van der Waals surface area contributed by atoms with E-state index in [4.69, 9.17) is 5.26 Å². The summed E-state index contributed by atoms with van der Waals surface area (Å²) in [7, 11) is 0. The number of rotatable bonds is 4. The van der Waals surface area contributed by atoms with Crippen LogP contribution in [0.15, 0.2) is 35.7 Å². The molecule has 0 spiro atoms. The number of hydrogen-bond donors (Lipinski definition) is 1. The number of nitriles is 1. The predicted octanol–water partition coefficient (Wildman–Crippen LogP) is 3.78. The molecule has 3 heteroatoms. The zero-order valence-corrected chi connectivity index (χ0v) is 11.4. The van der Waals surface area contributed by atoms with Crippen molar-refractivity contribution in [1.29, 1.82) is 5.26 Å². The van der Waals surface area contributed by atoms with Gasteiger partial charge < -0.3 is 5.32 Å². The van der Waals surface area contributed by atoms with Crippen LogP contribution in [0.1, 0.15) is 34.5 Å². The number of aryl methyl sites for hydroxylation is 1. The molecule has 2 rings (SSSR count). The predicted molar refractivity (Wildman–Crippen MR) is 75.5 cm³/mol. The number of benzene rings is 1. The molecule has 2 aromatic rings. The second kappa shape index (κ2) is 5.81. The Balaban J connectivity index is 1.97. The smallest absolute Gasteiger partial charge is 0.0991 e. The fourth-order valence-electron chi connectivity index (χ4n) is 1.80. The molecule has 1 N–H and O–H groups in total. The van der Waals surface area contributed by atoms with Gasteiger partial charge in [0.05, 0.1) is 11.6 Å². The zero-order chi connectivity index (χ0) is 13.0. The van der Waals surface area contributed by atoms with Crippen molar-refractivity contribution in [2.24, 2.45) is 0 Å². The van der Waals surface area contributed by atoms with Gasteiger partial charge in [-0.05, 0) is 48.6 Å². The Hall–Kier alpha value is -1.63. The summed E-state index contributed by atoms with van der Waals surface area (Å²) in [5.41, 5.74) is 3.27. The Kier molecular flexibility index (Phi) is 4.14. The minimum Gasteiger partial charge on any atom is -0.305 e. The summed E-state index contributed by atoms with van der Waals surface area (Å²) >= 11 is 1.79. The molecule has 1 aromatic heterocycles. The van der Waals surface area contributed by atoms with Crippen molar-refractivity contribution >= 4 is 11.3 Å². The normalized spacial score (nSPS) is 12.1. The van der Waals surface area contributed by atoms with E-state index in [2.05, 4.69) is 36.7 Å². The van der Waals surface area contributed by atoms with Crippen LogP contribution in [-0.2, 0) is 6.54 Å². The highest BCUT2D eigenvalue weighted by molar-refractivity contribution is 7.10. The first-order chi connectivity index (χ1) is 8.70. The van der Waals surface area contributed by atoms with Gasteiger partial charge >= 0.3 is 0 Å². The van der Waals surface area contributed by atoms with E-state index < -0.39 is 0 Å². The fourth-order valence-corrected chi connectivity index (χ4v) is 2.65. The first kappa shape index (κ1) is 12.8. The zero-order valence-electron chi connectivity index (χ0n) is 10.6. The van der Waals surface area contributed by atoms with Gasteiger partial charge in [0.2, 0.25) is 0 Å². The lowest BCUT2D eigenvalue weighted by Crippen LogP contribution is -2.17. The third-order valence-corrected chi connectivity index (χ3v) is 4.10. The van der Waals surface area contributed by atoms with Crippen molar-refractivity contribution in [3.05, 3.63) is 57.3 Å². The second-order valence-corrected chi connectivity index (χ2v) is 5.36. The van der Waals surface area contributed by atoms with Crippen molar-refractivity contribution in [2.45, 2.75) is 26.4 Å². The van der Waals surface area contributed by atoms with Gasteiger partial charge in [-0.1, -0.05) is 12.1 Å². The monoisotopic (exact) mass is 256 g/mol. The summed E-state index contributed by atoms with van der Waals surface area (Å²) in [5, 5.41) is 14.4. The molecule has 0 aliphatic rings. The highest BCUT2D eigenvalue weighted by atomic mass is 32.1. The molecule has 18 heavy (non-hydrogen) atoms. The maximum absolute atomic E-state index is 8.76. The topological polar surface area (TPSA) is 35.8 Å². The van der Waals surface area contributed by atoms with Crippen LogP contribution < -0.4 is 5.32 Å². The van der Waals surface area contributed by atoms with Gasteiger partial charge in [-0.15, -0.1) is 11.3 Å². The van der Waals surface area contributed by atoms with E-state index in [-0.39, 0.29) is 0 Å². The highest BCUT2D eigenvalue weighted by Gasteiger charge is 2.06. The van der Waals surface area contributed by atoms with Crippen molar-refractivity contribution in [1.82, 2.24) is 5.32 Å². The number of nitrogens with one attached hydrogen (secondary N) is 1. The fraction of sp³-hybridized carbons (Fsp3) is 0.267. The van der Waals surface area contributed by atoms with Crippen LogP contribution in [0.2, 0.25) is 0 Å². The molecular weight excluding hydrogens is 240 g/mol. The Morgan fingerprint density at radius 3 is 2.56 bits per heavy atom. The standard InChI is InChI=1S/C15H16N2S/c1-11-7-8-18-15(11)10-17-12(2)14-5-3-13(9-16)4-6-14/h3-8,12,17H,10H2,1-2H3. The molecule has 0 radical (unpaired) electrons. The molecule has 0 aliphatic heterocycles. The lowest BCUT2D eigenvalue weighted by molar-refractivity contribution is 0.578. The molecule has 1 heterocycles. The van der Waals surface area contributed by atoms with Gasteiger partial charge in [0.25, 0.3) is 0 Å². The van der Waals surface area contributed by atoms with E-state index in [0.29, 0.717) is 11.6 Å². The largest absolute Gasteiger partial charge is 0.305 e. The van der Waals surface area contributed by atoms with Gasteiger partial charge in [-0.2, -0.15) is 5.26 Å². The van der Waals surface area contributed by atoms with E-state index in [1.54, 1.807) is 11.3 Å². The molecule has 2 nitrogen and oxygen atoms in total. The summed E-state index contributed by atoms with van der Waals surface area (Å²) in [6, 6.07) is 12.3. The summed E-state index contributed by atoms with van der Waals surface area (Å²) in [5.74, 6) is 0. The van der Waals surface area contributed by atoms with E-state index in [9.17, 15) is 0 Å². The van der Waals surface area contributed by atoms with Crippen molar-refractivity contribution in [2.75, 3.05) is 0 Å². The number of thiophene rings is 1. The Bertz CT molecular complexity index is 549. The SMILES string of the molecule is Cc1ccsc1CNC(C)c1ccc(C#N)cc1. The van der Waals surface area contributed by atoms with Gasteiger partial charge in [-0.3, -0.25) is 0 Å². The summed E-state index contributed by atoms with van der Waals surface area (Å²) < 4.78 is 0. The molecule has 0 amide bonds. The molecule has 0 fully saturated rings. The Morgan fingerprint density at radius 1 is 1.28 bits per heavy atom. The van der Waals surface area contributed by atoms with E-state index >= 15 is 0 Å². The van der Waals surface area contributed by atoms with Crippen LogP contribution in [-0.4, -0.2) is 0 Å². The summed E-state index contributed by atoms with van der Waals surface area (Å²) in [4.78, 5) is 1.38. The minimum absolute atomic E-state index is 0.291. The van der Waals surface area contributed by atoms with Crippen LogP contribution in [0.5, 0.6) is 0 Å². The maximum Gasteiger partial charge on any atom is 0.0991 e. The molecule has 0 saturated heterocycles. The average Bonchev–Trinajstić information content (AvgIpc) is 2.81. The van der Waals surface area contributed by atoms with E-state index in [1.165, 1.54) is 16.0 Å². The Morgan fingerprint density at radius 2 is 2.00 bits per heavy atom. The molecule has 0 saturated carbocycles. The lowest BCUT2D eigenvalue weighted by atomic mass is 10.1. The van der Waals surface area contributed by atoms with Crippen molar-refractivity contribution in [3.63, 3.8) is 0 Å². The molecule has 0 aliphatic carbocycles. The maximum atomic E-state index is 8.76. The lowest BCUT2D eigenvalue weighted by Gasteiger charge is -2.14. The quantitative estimate of drug-likeness (QED) is 0.903. The van der Waals surface area contributed by atoms with Crippen LogP contribution >= 0.6 is 11.3 Å². The molecule has 92 valence electrons. The van der Waals surface area contributed by atoms with Crippen molar-refractivity contribution in [3.8, 4) is 6.07 Å². The molecule has 1 aromatic carbocycles. The average molecular weight is 256 g/mol. The Labute approximate surface area is 112 Å². The van der Waals surface area contributed by atoms with Crippen LogP contribution in [0.3, 0.4) is 0 Å². The van der Waals surface area contributed by atoms with Crippen LogP contribution in [0.25, 0.3) is 0 Å². The van der Waals surface area contributed by atoms with Crippen LogP contribution in [0, 0.1) is 18.3 Å². The second-order valence-electron chi connectivity index (χ2n) is 4.36. The van der Waals surface area contributed by atoms with E-state index in [1.807, 2.05) is 24.3 Å². The first-order valence-electron chi connectivity index (χ1n) is 5.97. The third kappa shape index (κ3) is 2.98. The highest BCUT2D eigenvalue weighted by Crippen LogP contribution is 2.18. The summed E-state index contributed by atoms with van der Waals surface area (Å²) in [6.07, 6.45) is 0. The van der Waals surface area contributed by atoms with Gasteiger partial charge in [-0.25, -0.2) is 0 Å². The third-order valence-electron chi connectivity index (χ3n) is 3.08. The van der Waals surface area contributed by atoms with Gasteiger partial charge in [0.1, 0.15) is 0 Å². The molecular formula is C15H16N2S. The van der Waals surface area contributed by atoms with Gasteiger partial charge in [0.15, 0.2) is 0 Å². The van der Waals surface area contributed by atoms with Crippen LogP contribution in [0.4, 0.5) is 0 Å². The number of hydrogen-bond acceptors (Lipinski definition) is 3. The van der Waals surface area contributed by atoms with E-state index in [0.717, 1.165) is 6.54 Å². The molecule has 0 bridgehead atoms. The summed E-state index contributed by atoms with van der Waals surface area (Å²) in [6.45, 7) is 5.18. The van der Waals surface area contributed by atoms with Gasteiger partial charge in [0, 0.05) is 17.5 Å².